The van der Waals surface area contributed by atoms with Crippen LogP contribution in [0.4, 0.5) is 5.69 Å². The number of rotatable bonds is 7. The molecule has 1 aromatic rings. The highest BCUT2D eigenvalue weighted by atomic mass is 32.1. The molecule has 17 heavy (non-hydrogen) atoms. The highest BCUT2D eigenvalue weighted by Gasteiger charge is 2.11. The minimum atomic E-state index is -0.465. The predicted molar refractivity (Wildman–Crippen MR) is 68.2 cm³/mol. The van der Waals surface area contributed by atoms with Gasteiger partial charge in [0.15, 0.2) is 11.5 Å². The summed E-state index contributed by atoms with van der Waals surface area (Å²) in [5.74, 6) is 1.73. The van der Waals surface area contributed by atoms with Gasteiger partial charge in [-0.05, 0) is 24.7 Å². The number of nitro benzene ring substituents is 1. The van der Waals surface area contributed by atoms with Crippen LogP contribution in [-0.4, -0.2) is 24.4 Å². The fraction of sp³-hybridized carbons (Fsp3) is 0.455. The maximum atomic E-state index is 10.6. The van der Waals surface area contributed by atoms with E-state index in [4.69, 9.17) is 9.47 Å². The molecule has 1 rings (SSSR count). The smallest absolute Gasteiger partial charge is 0.273 e. The second kappa shape index (κ2) is 7.01. The summed E-state index contributed by atoms with van der Waals surface area (Å²) >= 11 is 4.10. The van der Waals surface area contributed by atoms with Crippen LogP contribution in [0.15, 0.2) is 18.2 Å². The summed E-state index contributed by atoms with van der Waals surface area (Å²) in [7, 11) is 1.46. The Bertz CT molecular complexity index is 384. The van der Waals surface area contributed by atoms with Crippen LogP contribution >= 0.6 is 12.6 Å². The first-order valence-electron chi connectivity index (χ1n) is 5.25. The van der Waals surface area contributed by atoms with Crippen molar-refractivity contribution >= 4 is 18.3 Å². The summed E-state index contributed by atoms with van der Waals surface area (Å²) in [6, 6.07) is 4.31. The van der Waals surface area contributed by atoms with Gasteiger partial charge in [0.2, 0.25) is 0 Å². The molecule has 0 saturated carbocycles. The Morgan fingerprint density at radius 2 is 2.12 bits per heavy atom. The second-order valence-corrected chi connectivity index (χ2v) is 3.82. The molecule has 0 aromatic heterocycles. The van der Waals surface area contributed by atoms with Gasteiger partial charge in [-0.25, -0.2) is 0 Å². The number of unbranched alkanes of at least 4 members (excludes halogenated alkanes) is 1. The zero-order valence-electron chi connectivity index (χ0n) is 9.59. The molecule has 5 nitrogen and oxygen atoms in total. The third kappa shape index (κ3) is 4.14. The van der Waals surface area contributed by atoms with E-state index in [2.05, 4.69) is 12.6 Å². The van der Waals surface area contributed by atoms with Gasteiger partial charge in [-0.3, -0.25) is 10.1 Å². The maximum absolute atomic E-state index is 10.6. The summed E-state index contributed by atoms with van der Waals surface area (Å²) in [6.45, 7) is 0.550. The average molecular weight is 257 g/mol. The first kappa shape index (κ1) is 13.6. The lowest BCUT2D eigenvalue weighted by Gasteiger charge is -2.09. The van der Waals surface area contributed by atoms with Crippen LogP contribution in [0.25, 0.3) is 0 Å². The molecule has 0 aliphatic heterocycles. The van der Waals surface area contributed by atoms with E-state index in [0.717, 1.165) is 18.6 Å². The van der Waals surface area contributed by atoms with Crippen molar-refractivity contribution in [3.8, 4) is 11.5 Å². The molecule has 0 heterocycles. The fourth-order valence-corrected chi connectivity index (χ4v) is 1.51. The Kier molecular flexibility index (Phi) is 5.62. The Morgan fingerprint density at radius 3 is 2.71 bits per heavy atom. The van der Waals surface area contributed by atoms with Gasteiger partial charge >= 0.3 is 0 Å². The molecule has 0 atom stereocenters. The number of hydrogen-bond acceptors (Lipinski definition) is 5. The van der Waals surface area contributed by atoms with Crippen molar-refractivity contribution < 1.29 is 14.4 Å². The number of hydrogen-bond donors (Lipinski definition) is 1. The largest absolute Gasteiger partial charge is 0.493 e. The lowest BCUT2D eigenvalue weighted by atomic mass is 10.3. The molecule has 0 aliphatic carbocycles. The molecule has 0 N–H and O–H groups in total. The van der Waals surface area contributed by atoms with Crippen LogP contribution in [0.1, 0.15) is 12.8 Å². The summed E-state index contributed by atoms with van der Waals surface area (Å²) in [5.41, 5.74) is -0.00967. The molecule has 6 heteroatoms. The number of nitrogens with zero attached hydrogens (tertiary/aromatic N) is 1. The van der Waals surface area contributed by atoms with Crippen molar-refractivity contribution in [3.63, 3.8) is 0 Å². The van der Waals surface area contributed by atoms with Gasteiger partial charge in [0, 0.05) is 6.07 Å². The van der Waals surface area contributed by atoms with E-state index in [1.165, 1.54) is 19.2 Å². The molecule has 0 unspecified atom stereocenters. The standard InChI is InChI=1S/C11H15NO4S/c1-15-11-8-9(12(13)14)4-5-10(11)16-6-2-3-7-17/h4-5,8,17H,2-3,6-7H2,1H3. The fourth-order valence-electron chi connectivity index (χ4n) is 1.29. The van der Waals surface area contributed by atoms with Gasteiger partial charge in [0.05, 0.1) is 24.7 Å². The SMILES string of the molecule is COc1cc([N+](=O)[O-])ccc1OCCCCS. The van der Waals surface area contributed by atoms with Crippen LogP contribution in [0.5, 0.6) is 11.5 Å². The summed E-state index contributed by atoms with van der Waals surface area (Å²) < 4.78 is 10.5. The molecule has 0 saturated heterocycles. The van der Waals surface area contributed by atoms with Crippen LogP contribution in [0, 0.1) is 10.1 Å². The van der Waals surface area contributed by atoms with Crippen molar-refractivity contribution in [1.82, 2.24) is 0 Å². The van der Waals surface area contributed by atoms with Crippen molar-refractivity contribution in [2.45, 2.75) is 12.8 Å². The lowest BCUT2D eigenvalue weighted by molar-refractivity contribution is -0.384. The molecule has 0 radical (unpaired) electrons. The van der Waals surface area contributed by atoms with Gasteiger partial charge in [0.25, 0.3) is 5.69 Å². The molecule has 1 aromatic carbocycles. The monoisotopic (exact) mass is 257 g/mol. The zero-order valence-corrected chi connectivity index (χ0v) is 10.5. The first-order valence-corrected chi connectivity index (χ1v) is 5.88. The van der Waals surface area contributed by atoms with E-state index in [0.29, 0.717) is 18.1 Å². The zero-order chi connectivity index (χ0) is 12.7. The molecule has 0 spiro atoms. The van der Waals surface area contributed by atoms with Gasteiger partial charge in [-0.15, -0.1) is 0 Å². The Morgan fingerprint density at radius 1 is 1.35 bits per heavy atom. The molecule has 0 bridgehead atoms. The molecule has 0 fully saturated rings. The van der Waals surface area contributed by atoms with Crippen molar-refractivity contribution in [2.24, 2.45) is 0 Å². The van der Waals surface area contributed by atoms with Crippen molar-refractivity contribution in [2.75, 3.05) is 19.5 Å². The molecular weight excluding hydrogens is 242 g/mol. The van der Waals surface area contributed by atoms with Gasteiger partial charge in [0.1, 0.15) is 0 Å². The first-order chi connectivity index (χ1) is 8.19. The third-order valence-corrected chi connectivity index (χ3v) is 2.48. The predicted octanol–water partition coefficient (Wildman–Crippen LogP) is 2.69. The Labute approximate surface area is 105 Å². The number of nitro groups is 1. The summed E-state index contributed by atoms with van der Waals surface area (Å²) in [4.78, 5) is 10.1. The molecule has 94 valence electrons. The van der Waals surface area contributed by atoms with Crippen LogP contribution < -0.4 is 9.47 Å². The van der Waals surface area contributed by atoms with Crippen LogP contribution in [-0.2, 0) is 0 Å². The maximum Gasteiger partial charge on any atom is 0.273 e. The number of benzene rings is 1. The highest BCUT2D eigenvalue weighted by molar-refractivity contribution is 7.80. The van der Waals surface area contributed by atoms with Crippen molar-refractivity contribution in [1.29, 1.82) is 0 Å². The van der Waals surface area contributed by atoms with E-state index >= 15 is 0 Å². The second-order valence-electron chi connectivity index (χ2n) is 3.37. The van der Waals surface area contributed by atoms with Crippen molar-refractivity contribution in [3.05, 3.63) is 28.3 Å². The van der Waals surface area contributed by atoms with Crippen LogP contribution in [0.2, 0.25) is 0 Å². The number of ether oxygens (including phenoxy) is 2. The van der Waals surface area contributed by atoms with Gasteiger partial charge < -0.3 is 9.47 Å². The van der Waals surface area contributed by atoms with E-state index in [-0.39, 0.29) is 5.69 Å². The molecule has 0 amide bonds. The number of thiol groups is 1. The Balaban J connectivity index is 2.68. The normalized spacial score (nSPS) is 10.0. The number of methoxy groups -OCH3 is 1. The minimum Gasteiger partial charge on any atom is -0.493 e. The average Bonchev–Trinajstić information content (AvgIpc) is 2.34. The van der Waals surface area contributed by atoms with E-state index in [1.807, 2.05) is 0 Å². The summed E-state index contributed by atoms with van der Waals surface area (Å²) in [6.07, 6.45) is 1.86. The van der Waals surface area contributed by atoms with Crippen LogP contribution in [0.3, 0.4) is 0 Å². The third-order valence-electron chi connectivity index (χ3n) is 2.17. The quantitative estimate of drug-likeness (QED) is 0.353. The van der Waals surface area contributed by atoms with E-state index in [1.54, 1.807) is 6.07 Å². The molecular formula is C11H15NO4S. The highest BCUT2D eigenvalue weighted by Crippen LogP contribution is 2.31. The van der Waals surface area contributed by atoms with Gasteiger partial charge in [-0.2, -0.15) is 12.6 Å². The lowest BCUT2D eigenvalue weighted by Crippen LogP contribution is -2.00. The van der Waals surface area contributed by atoms with E-state index in [9.17, 15) is 10.1 Å². The van der Waals surface area contributed by atoms with E-state index < -0.39 is 4.92 Å². The Hall–Kier alpha value is -1.43. The molecule has 0 aliphatic rings. The topological polar surface area (TPSA) is 61.6 Å². The number of non-ortho nitro benzene ring substituents is 1. The minimum absolute atomic E-state index is 0.00967. The summed E-state index contributed by atoms with van der Waals surface area (Å²) in [5, 5.41) is 10.6. The van der Waals surface area contributed by atoms with Gasteiger partial charge in [-0.1, -0.05) is 0 Å².